The van der Waals surface area contributed by atoms with E-state index in [0.29, 0.717) is 19.4 Å². The summed E-state index contributed by atoms with van der Waals surface area (Å²) in [5.41, 5.74) is -0.937. The Balaban J connectivity index is 1.53. The third-order valence-corrected chi connectivity index (χ3v) is 10.1. The Morgan fingerprint density at radius 2 is 1.69 bits per heavy atom. The van der Waals surface area contributed by atoms with Crippen molar-refractivity contribution in [2.45, 2.75) is 139 Å². The average molecular weight is 717 g/mol. The molecule has 4 aliphatic rings. The van der Waals surface area contributed by atoms with Crippen LogP contribution in [0, 0.1) is 5.41 Å². The smallest absolute Gasteiger partial charge is 0.338 e. The molecule has 1 aromatic carbocycles. The van der Waals surface area contributed by atoms with Gasteiger partial charge in [-0.1, -0.05) is 38.1 Å². The number of aliphatic hydroxyl groups is 3. The fourth-order valence-corrected chi connectivity index (χ4v) is 7.20. The van der Waals surface area contributed by atoms with E-state index < -0.39 is 65.9 Å². The van der Waals surface area contributed by atoms with Crippen molar-refractivity contribution in [2.75, 3.05) is 13.7 Å². The first kappa shape index (κ1) is 39.0. The minimum absolute atomic E-state index is 0.0515. The molecule has 3 N–H and O–H groups in total. The van der Waals surface area contributed by atoms with E-state index in [4.69, 9.17) is 33.2 Å². The first-order valence-corrected chi connectivity index (χ1v) is 17.9. The van der Waals surface area contributed by atoms with Crippen LogP contribution < -0.4 is 0 Å². The minimum Gasteiger partial charge on any atom is -0.466 e. The predicted molar refractivity (Wildman–Crippen MR) is 181 cm³/mol. The molecule has 51 heavy (non-hydrogen) atoms. The fraction of sp³-hybridized carbons (Fsp3) is 0.658. The van der Waals surface area contributed by atoms with Gasteiger partial charge in [-0.2, -0.15) is 0 Å². The van der Waals surface area contributed by atoms with Crippen LogP contribution in [0.3, 0.4) is 0 Å². The Morgan fingerprint density at radius 1 is 0.980 bits per heavy atom. The van der Waals surface area contributed by atoms with Crippen LogP contribution in [0.1, 0.15) is 88.9 Å². The van der Waals surface area contributed by atoms with Crippen LogP contribution >= 0.6 is 0 Å². The summed E-state index contributed by atoms with van der Waals surface area (Å²) >= 11 is 0. The summed E-state index contributed by atoms with van der Waals surface area (Å²) in [5, 5.41) is 34.2. The molecular weight excluding hydrogens is 664 g/mol. The van der Waals surface area contributed by atoms with E-state index in [1.54, 1.807) is 56.3 Å². The SMILES string of the molecule is COC(=O)/C=C1\C[C@H]2C[C@H]([C@@H](C)O)OC(=O)C[C@H](O)C[C@@H]3CCC[C@H](C[C@@H]4CCO[C@H](/C=C\C(C)(C)[C@](O)(O2)[C@H]1OC(=O)c1ccccc1)O4)O3. The monoisotopic (exact) mass is 716 g/mol. The molecule has 13 nitrogen and oxygen atoms in total. The molecule has 0 aliphatic carbocycles. The molecule has 282 valence electrons. The second-order valence-electron chi connectivity index (χ2n) is 14.5. The van der Waals surface area contributed by atoms with Crippen molar-refractivity contribution in [3.8, 4) is 0 Å². The summed E-state index contributed by atoms with van der Waals surface area (Å²) in [7, 11) is 1.20. The maximum atomic E-state index is 13.5. The first-order chi connectivity index (χ1) is 24.3. The van der Waals surface area contributed by atoms with E-state index >= 15 is 0 Å². The van der Waals surface area contributed by atoms with Crippen LogP contribution in [-0.2, 0) is 42.7 Å². The molecule has 0 spiro atoms. The highest BCUT2D eigenvalue weighted by Crippen LogP contribution is 2.47. The molecule has 6 bridgehead atoms. The van der Waals surface area contributed by atoms with Crippen LogP contribution in [0.4, 0.5) is 0 Å². The molecule has 3 saturated heterocycles. The zero-order chi connectivity index (χ0) is 36.8. The lowest BCUT2D eigenvalue weighted by atomic mass is 9.74. The van der Waals surface area contributed by atoms with Crippen LogP contribution in [0.5, 0.6) is 0 Å². The van der Waals surface area contributed by atoms with Crippen molar-refractivity contribution in [1.82, 2.24) is 0 Å². The minimum atomic E-state index is -2.32. The van der Waals surface area contributed by atoms with Gasteiger partial charge in [-0.15, -0.1) is 0 Å². The lowest BCUT2D eigenvalue weighted by Crippen LogP contribution is -2.62. The number of esters is 3. The quantitative estimate of drug-likeness (QED) is 0.178. The molecular formula is C38H52O13. The zero-order valence-corrected chi connectivity index (χ0v) is 29.8. The molecule has 4 aliphatic heterocycles. The Morgan fingerprint density at radius 3 is 2.39 bits per heavy atom. The van der Waals surface area contributed by atoms with Gasteiger partial charge in [0.25, 0.3) is 0 Å². The Hall–Kier alpha value is -3.17. The number of aliphatic hydroxyl groups excluding tert-OH is 2. The van der Waals surface area contributed by atoms with Crippen LogP contribution in [0.25, 0.3) is 0 Å². The number of carbonyl (C=O) groups is 3. The van der Waals surface area contributed by atoms with E-state index in [9.17, 15) is 29.7 Å². The van der Waals surface area contributed by atoms with Crippen LogP contribution in [0.2, 0.25) is 0 Å². The van der Waals surface area contributed by atoms with Gasteiger partial charge >= 0.3 is 17.9 Å². The van der Waals surface area contributed by atoms with Gasteiger partial charge in [0.15, 0.2) is 12.4 Å². The lowest BCUT2D eigenvalue weighted by molar-refractivity contribution is -0.324. The van der Waals surface area contributed by atoms with Crippen molar-refractivity contribution < 1.29 is 62.9 Å². The predicted octanol–water partition coefficient (Wildman–Crippen LogP) is 3.67. The van der Waals surface area contributed by atoms with Gasteiger partial charge in [0, 0.05) is 24.3 Å². The highest BCUT2D eigenvalue weighted by atomic mass is 16.7. The van der Waals surface area contributed by atoms with Gasteiger partial charge in [-0.25, -0.2) is 9.59 Å². The zero-order valence-electron chi connectivity index (χ0n) is 29.8. The van der Waals surface area contributed by atoms with E-state index in [1.165, 1.54) is 14.0 Å². The highest BCUT2D eigenvalue weighted by molar-refractivity contribution is 5.90. The van der Waals surface area contributed by atoms with Gasteiger partial charge in [-0.05, 0) is 69.2 Å². The standard InChI is InChI=1S/C38H52O13/c1-23(39)31-22-30-17-25(18-32(41)45-4)35(50-36(43)24-9-6-5-7-10-24)38(44,51-30)37(2,3)15-13-34-46-16-14-29(48-34)21-28-12-8-11-27(47-28)19-26(40)20-33(42)49-31/h5-7,9-10,13,15,18,23,26-31,34-35,39-40,44H,8,11-12,14,16-17,19-22H2,1-4H3/b15-13-,25-18+/t23-,26-,27+,28-,29+,30+,31-,34+,35+,38-/m1/s1. The summed E-state index contributed by atoms with van der Waals surface area (Å²) in [6, 6.07) is 8.21. The number of carbonyl (C=O) groups excluding carboxylic acids is 3. The Labute approximate surface area is 298 Å². The molecule has 0 unspecified atom stereocenters. The third-order valence-electron chi connectivity index (χ3n) is 10.1. The molecule has 1 aromatic rings. The normalized spacial score (nSPS) is 36.9. The van der Waals surface area contributed by atoms with Crippen molar-refractivity contribution in [1.29, 1.82) is 0 Å². The third kappa shape index (κ3) is 10.0. The van der Waals surface area contributed by atoms with Gasteiger partial charge < -0.3 is 48.5 Å². The molecule has 0 amide bonds. The van der Waals surface area contributed by atoms with Crippen LogP contribution in [0.15, 0.2) is 54.1 Å². The molecule has 3 fully saturated rings. The van der Waals surface area contributed by atoms with Crippen molar-refractivity contribution in [3.05, 3.63) is 59.7 Å². The number of hydrogen-bond donors (Lipinski definition) is 3. The molecule has 10 atom stereocenters. The maximum absolute atomic E-state index is 13.5. The number of hydrogen-bond acceptors (Lipinski definition) is 13. The average Bonchev–Trinajstić information content (AvgIpc) is 3.08. The summed E-state index contributed by atoms with van der Waals surface area (Å²) in [6.45, 7) is 5.25. The van der Waals surface area contributed by atoms with Gasteiger partial charge in [0.1, 0.15) is 6.10 Å². The molecule has 5 rings (SSSR count). The highest BCUT2D eigenvalue weighted by Gasteiger charge is 2.58. The summed E-state index contributed by atoms with van der Waals surface area (Å²) in [6.07, 6.45) is 1.09. The summed E-state index contributed by atoms with van der Waals surface area (Å²) in [4.78, 5) is 39.3. The molecule has 4 heterocycles. The van der Waals surface area contributed by atoms with E-state index in [0.717, 1.165) is 25.3 Å². The number of methoxy groups -OCH3 is 1. The number of cyclic esters (lactones) is 1. The largest absolute Gasteiger partial charge is 0.466 e. The van der Waals surface area contributed by atoms with E-state index in [2.05, 4.69) is 0 Å². The molecule has 0 aromatic heterocycles. The molecule has 13 heteroatoms. The first-order valence-electron chi connectivity index (χ1n) is 17.9. The van der Waals surface area contributed by atoms with Crippen molar-refractivity contribution in [2.24, 2.45) is 5.41 Å². The second-order valence-corrected chi connectivity index (χ2v) is 14.5. The molecule has 0 radical (unpaired) electrons. The van der Waals surface area contributed by atoms with Crippen LogP contribution in [-0.4, -0.2) is 108 Å². The second kappa shape index (κ2) is 17.1. The number of fused-ring (bicyclic) bond motifs is 6. The van der Waals surface area contributed by atoms with Crippen molar-refractivity contribution in [3.63, 3.8) is 0 Å². The maximum Gasteiger partial charge on any atom is 0.338 e. The summed E-state index contributed by atoms with van der Waals surface area (Å²) < 4.78 is 41.6. The topological polar surface area (TPSA) is 177 Å². The number of benzene rings is 1. The van der Waals surface area contributed by atoms with E-state index in [-0.39, 0.29) is 55.1 Å². The van der Waals surface area contributed by atoms with Gasteiger partial charge in [0.2, 0.25) is 5.79 Å². The van der Waals surface area contributed by atoms with Gasteiger partial charge in [0.05, 0.1) is 62.3 Å². The summed E-state index contributed by atoms with van der Waals surface area (Å²) in [5.74, 6) is -4.55. The Bertz CT molecular complexity index is 1410. The Kier molecular flexibility index (Phi) is 13.1. The van der Waals surface area contributed by atoms with Crippen molar-refractivity contribution >= 4 is 17.9 Å². The lowest BCUT2D eigenvalue weighted by Gasteiger charge is -2.51. The molecule has 0 saturated carbocycles. The van der Waals surface area contributed by atoms with Gasteiger partial charge in [-0.3, -0.25) is 4.79 Å². The number of rotatable bonds is 4. The number of ether oxygens (including phenoxy) is 7. The fourth-order valence-electron chi connectivity index (χ4n) is 7.20. The van der Waals surface area contributed by atoms with E-state index in [1.807, 2.05) is 0 Å².